The number of sulfonamides is 1. The maximum absolute atomic E-state index is 12.5. The molecule has 5 nitrogen and oxygen atoms in total. The van der Waals surface area contributed by atoms with Gasteiger partial charge in [0.2, 0.25) is 10.0 Å². The normalized spacial score (nSPS) is 26.4. The first-order valence-corrected chi connectivity index (χ1v) is 9.37. The van der Waals surface area contributed by atoms with Gasteiger partial charge in [-0.25, -0.2) is 13.1 Å². The lowest BCUT2D eigenvalue weighted by molar-refractivity contribution is 0.158. The number of likely N-dealkylation sites (tertiary alicyclic amines) is 1. The standard InChI is InChI=1S/C16H24N2O3S/c1-21-10-9-18-11-15(13-7-8-13)16(12-18)17-22(19,20)14-5-3-2-4-6-14/h2-6,13,15-17H,7-12H2,1H3/t15-,16+/m0/s1. The minimum absolute atomic E-state index is 0.00885. The van der Waals surface area contributed by atoms with Crippen LogP contribution in [0.3, 0.4) is 0 Å². The molecule has 0 amide bonds. The van der Waals surface area contributed by atoms with E-state index in [4.69, 9.17) is 4.74 Å². The second-order valence-corrected chi connectivity index (χ2v) is 8.01. The van der Waals surface area contributed by atoms with Crippen LogP contribution in [0.15, 0.2) is 35.2 Å². The summed E-state index contributed by atoms with van der Waals surface area (Å²) in [6, 6.07) is 8.64. The van der Waals surface area contributed by atoms with E-state index >= 15 is 0 Å². The van der Waals surface area contributed by atoms with Gasteiger partial charge in [0.25, 0.3) is 0 Å². The Balaban J connectivity index is 1.69. The minimum atomic E-state index is -3.43. The van der Waals surface area contributed by atoms with Crippen molar-refractivity contribution in [3.63, 3.8) is 0 Å². The van der Waals surface area contributed by atoms with Gasteiger partial charge in [-0.15, -0.1) is 0 Å². The fraction of sp³-hybridized carbons (Fsp3) is 0.625. The van der Waals surface area contributed by atoms with Gasteiger partial charge in [0, 0.05) is 32.8 Å². The SMILES string of the molecule is COCCN1C[C@@H](NS(=O)(=O)c2ccccc2)[C@H](C2CC2)C1. The van der Waals surface area contributed by atoms with Crippen LogP contribution in [0.25, 0.3) is 0 Å². The second kappa shape index (κ2) is 6.66. The molecular weight excluding hydrogens is 300 g/mol. The van der Waals surface area contributed by atoms with Crippen molar-refractivity contribution in [2.24, 2.45) is 11.8 Å². The molecule has 1 aliphatic carbocycles. The van der Waals surface area contributed by atoms with Crippen molar-refractivity contribution < 1.29 is 13.2 Å². The quantitative estimate of drug-likeness (QED) is 0.822. The number of nitrogens with one attached hydrogen (secondary N) is 1. The van der Waals surface area contributed by atoms with E-state index in [-0.39, 0.29) is 6.04 Å². The Kier molecular flexibility index (Phi) is 4.82. The van der Waals surface area contributed by atoms with E-state index in [0.29, 0.717) is 23.3 Å². The molecule has 22 heavy (non-hydrogen) atoms. The van der Waals surface area contributed by atoms with Crippen molar-refractivity contribution in [3.05, 3.63) is 30.3 Å². The number of hydrogen-bond donors (Lipinski definition) is 1. The lowest BCUT2D eigenvalue weighted by atomic mass is 9.99. The summed E-state index contributed by atoms with van der Waals surface area (Å²) in [4.78, 5) is 2.66. The average molecular weight is 324 g/mol. The number of ether oxygens (including phenoxy) is 1. The maximum Gasteiger partial charge on any atom is 0.240 e. The Hall–Kier alpha value is -0.950. The Labute approximate surface area is 132 Å². The third-order valence-corrected chi connectivity index (χ3v) is 6.15. The van der Waals surface area contributed by atoms with Gasteiger partial charge in [-0.2, -0.15) is 0 Å². The maximum atomic E-state index is 12.5. The monoisotopic (exact) mass is 324 g/mol. The van der Waals surface area contributed by atoms with Gasteiger partial charge in [0.05, 0.1) is 11.5 Å². The highest BCUT2D eigenvalue weighted by Gasteiger charge is 2.43. The van der Waals surface area contributed by atoms with Gasteiger partial charge in [0.15, 0.2) is 0 Å². The molecule has 1 N–H and O–H groups in total. The zero-order chi connectivity index (χ0) is 15.6. The van der Waals surface area contributed by atoms with E-state index in [1.807, 2.05) is 6.07 Å². The van der Waals surface area contributed by atoms with Crippen molar-refractivity contribution in [1.29, 1.82) is 0 Å². The molecular formula is C16H24N2O3S. The smallest absolute Gasteiger partial charge is 0.240 e. The largest absolute Gasteiger partial charge is 0.383 e. The third-order valence-electron chi connectivity index (χ3n) is 4.64. The summed E-state index contributed by atoms with van der Waals surface area (Å²) >= 11 is 0. The Morgan fingerprint density at radius 1 is 1.23 bits per heavy atom. The molecule has 3 rings (SSSR count). The highest BCUT2D eigenvalue weighted by molar-refractivity contribution is 7.89. The molecule has 1 aromatic rings. The molecule has 0 aromatic heterocycles. The lowest BCUT2D eigenvalue weighted by Crippen LogP contribution is -2.41. The highest BCUT2D eigenvalue weighted by Crippen LogP contribution is 2.41. The van der Waals surface area contributed by atoms with Gasteiger partial charge >= 0.3 is 0 Å². The van der Waals surface area contributed by atoms with Crippen LogP contribution >= 0.6 is 0 Å². The molecule has 0 bridgehead atoms. The van der Waals surface area contributed by atoms with Gasteiger partial charge in [-0.05, 0) is 36.8 Å². The topological polar surface area (TPSA) is 58.6 Å². The van der Waals surface area contributed by atoms with E-state index in [2.05, 4.69) is 9.62 Å². The summed E-state index contributed by atoms with van der Waals surface area (Å²) in [6.45, 7) is 3.30. The van der Waals surface area contributed by atoms with Crippen molar-refractivity contribution in [2.45, 2.75) is 23.8 Å². The molecule has 2 fully saturated rings. The van der Waals surface area contributed by atoms with Gasteiger partial charge < -0.3 is 4.74 Å². The summed E-state index contributed by atoms with van der Waals surface area (Å²) in [5, 5.41) is 0. The fourth-order valence-corrected chi connectivity index (χ4v) is 4.61. The zero-order valence-electron chi connectivity index (χ0n) is 12.9. The first kappa shape index (κ1) is 15.9. The molecule has 6 heteroatoms. The first-order valence-electron chi connectivity index (χ1n) is 7.89. The van der Waals surface area contributed by atoms with Crippen LogP contribution in [0.2, 0.25) is 0 Å². The van der Waals surface area contributed by atoms with Crippen molar-refractivity contribution in [2.75, 3.05) is 33.4 Å². The predicted molar refractivity (Wildman–Crippen MR) is 85.1 cm³/mol. The Morgan fingerprint density at radius 3 is 2.59 bits per heavy atom. The molecule has 0 spiro atoms. The molecule has 1 saturated heterocycles. The molecule has 1 saturated carbocycles. The lowest BCUT2D eigenvalue weighted by Gasteiger charge is -2.19. The molecule has 1 heterocycles. The number of rotatable bonds is 7. The third kappa shape index (κ3) is 3.68. The first-order chi connectivity index (χ1) is 10.6. The van der Waals surface area contributed by atoms with Gasteiger partial charge in [0.1, 0.15) is 0 Å². The summed E-state index contributed by atoms with van der Waals surface area (Å²) in [5.74, 6) is 1.10. The van der Waals surface area contributed by atoms with E-state index in [0.717, 1.165) is 19.6 Å². The number of methoxy groups -OCH3 is 1. The summed E-state index contributed by atoms with van der Waals surface area (Å²) < 4.78 is 33.2. The van der Waals surface area contributed by atoms with E-state index < -0.39 is 10.0 Å². The predicted octanol–water partition coefficient (Wildman–Crippen LogP) is 1.32. The molecule has 0 unspecified atom stereocenters. The second-order valence-electron chi connectivity index (χ2n) is 6.29. The van der Waals surface area contributed by atoms with Crippen molar-refractivity contribution in [3.8, 4) is 0 Å². The van der Waals surface area contributed by atoms with Gasteiger partial charge in [-0.1, -0.05) is 18.2 Å². The molecule has 122 valence electrons. The average Bonchev–Trinajstić information content (AvgIpc) is 3.28. The molecule has 0 radical (unpaired) electrons. The van der Waals surface area contributed by atoms with Crippen LogP contribution in [0.1, 0.15) is 12.8 Å². The minimum Gasteiger partial charge on any atom is -0.383 e. The summed E-state index contributed by atoms with van der Waals surface area (Å²) in [5.41, 5.74) is 0. The zero-order valence-corrected chi connectivity index (χ0v) is 13.8. The number of hydrogen-bond acceptors (Lipinski definition) is 4. The van der Waals surface area contributed by atoms with Crippen LogP contribution in [-0.4, -0.2) is 52.7 Å². The van der Waals surface area contributed by atoms with Crippen LogP contribution in [0, 0.1) is 11.8 Å². The van der Waals surface area contributed by atoms with E-state index in [1.54, 1.807) is 31.4 Å². The summed E-state index contributed by atoms with van der Waals surface area (Å²) in [6.07, 6.45) is 2.46. The Morgan fingerprint density at radius 2 is 1.95 bits per heavy atom. The molecule has 2 atom stereocenters. The van der Waals surface area contributed by atoms with Crippen LogP contribution in [-0.2, 0) is 14.8 Å². The highest BCUT2D eigenvalue weighted by atomic mass is 32.2. The van der Waals surface area contributed by atoms with Crippen LogP contribution in [0.4, 0.5) is 0 Å². The number of nitrogens with zero attached hydrogens (tertiary/aromatic N) is 1. The van der Waals surface area contributed by atoms with E-state index in [1.165, 1.54) is 12.8 Å². The summed E-state index contributed by atoms with van der Waals surface area (Å²) in [7, 11) is -1.74. The fourth-order valence-electron chi connectivity index (χ4n) is 3.31. The van der Waals surface area contributed by atoms with Crippen molar-refractivity contribution in [1.82, 2.24) is 9.62 Å². The van der Waals surface area contributed by atoms with Crippen molar-refractivity contribution >= 4 is 10.0 Å². The van der Waals surface area contributed by atoms with Crippen LogP contribution < -0.4 is 4.72 Å². The van der Waals surface area contributed by atoms with Crippen LogP contribution in [0.5, 0.6) is 0 Å². The molecule has 1 aromatic carbocycles. The molecule has 2 aliphatic rings. The Bertz CT molecular complexity index is 587. The number of benzene rings is 1. The molecule has 1 aliphatic heterocycles. The van der Waals surface area contributed by atoms with E-state index in [9.17, 15) is 8.42 Å². The van der Waals surface area contributed by atoms with Gasteiger partial charge in [-0.3, -0.25) is 4.90 Å².